The number of fused-ring (bicyclic) bond motifs is 8. The highest BCUT2D eigenvalue weighted by Gasteiger charge is 2.39. The lowest BCUT2D eigenvalue weighted by Crippen LogP contribution is -2.16. The molecule has 2 aliphatic carbocycles. The van der Waals surface area contributed by atoms with Gasteiger partial charge in [0.05, 0.1) is 5.69 Å². The standard InChI is InChI=1S/C46H37N/c1-45(2)39-20-12-10-18-36(39)37-27-24-31(28-41(37)45)30-22-25-34(26-23-30)47(33-15-6-5-7-16-33)42-29-32-14-8-9-17-35(32)44-43(42)38-19-11-13-21-40(38)46(44,3)4/h5-29H,1-4H3. The number of hydrogen-bond acceptors (Lipinski definition) is 1. The van der Waals surface area contributed by atoms with Crippen molar-refractivity contribution >= 4 is 27.8 Å². The molecule has 0 fully saturated rings. The highest BCUT2D eigenvalue weighted by atomic mass is 15.1. The van der Waals surface area contributed by atoms with Crippen LogP contribution in [0.4, 0.5) is 17.1 Å². The first-order chi connectivity index (χ1) is 22.8. The lowest BCUT2D eigenvalue weighted by atomic mass is 9.80. The summed E-state index contributed by atoms with van der Waals surface area (Å²) in [5, 5.41) is 2.60. The van der Waals surface area contributed by atoms with Gasteiger partial charge in [0.15, 0.2) is 0 Å². The summed E-state index contributed by atoms with van der Waals surface area (Å²) < 4.78 is 0. The molecule has 0 N–H and O–H groups in total. The summed E-state index contributed by atoms with van der Waals surface area (Å²) in [4.78, 5) is 2.45. The molecule has 1 heteroatoms. The Balaban J connectivity index is 1.21. The van der Waals surface area contributed by atoms with Gasteiger partial charge < -0.3 is 4.90 Å². The summed E-state index contributed by atoms with van der Waals surface area (Å²) in [6.07, 6.45) is 0. The average Bonchev–Trinajstić information content (AvgIpc) is 3.49. The highest BCUT2D eigenvalue weighted by molar-refractivity contribution is 6.06. The largest absolute Gasteiger partial charge is 0.310 e. The fourth-order valence-corrected chi connectivity index (χ4v) is 8.50. The molecule has 0 saturated carbocycles. The summed E-state index contributed by atoms with van der Waals surface area (Å²) in [5.41, 5.74) is 16.8. The molecule has 0 radical (unpaired) electrons. The molecule has 9 rings (SSSR count). The second-order valence-electron chi connectivity index (χ2n) is 14.2. The Hall–Kier alpha value is -5.40. The van der Waals surface area contributed by atoms with Gasteiger partial charge in [0.1, 0.15) is 0 Å². The van der Waals surface area contributed by atoms with E-state index in [1.807, 2.05) is 0 Å². The van der Waals surface area contributed by atoms with E-state index in [1.54, 1.807) is 0 Å². The molecule has 226 valence electrons. The van der Waals surface area contributed by atoms with E-state index in [2.05, 4.69) is 184 Å². The van der Waals surface area contributed by atoms with Crippen LogP contribution in [0.5, 0.6) is 0 Å². The van der Waals surface area contributed by atoms with E-state index in [4.69, 9.17) is 0 Å². The minimum absolute atomic E-state index is 0.0213. The van der Waals surface area contributed by atoms with E-state index >= 15 is 0 Å². The van der Waals surface area contributed by atoms with Gasteiger partial charge in [0.2, 0.25) is 0 Å². The van der Waals surface area contributed by atoms with Gasteiger partial charge in [-0.15, -0.1) is 0 Å². The van der Waals surface area contributed by atoms with Crippen molar-refractivity contribution in [2.24, 2.45) is 0 Å². The van der Waals surface area contributed by atoms with Crippen molar-refractivity contribution < 1.29 is 0 Å². The van der Waals surface area contributed by atoms with E-state index in [1.165, 1.54) is 72.1 Å². The van der Waals surface area contributed by atoms with Crippen molar-refractivity contribution in [3.05, 3.63) is 174 Å². The van der Waals surface area contributed by atoms with Crippen LogP contribution in [0.25, 0.3) is 44.2 Å². The van der Waals surface area contributed by atoms with E-state index < -0.39 is 0 Å². The highest BCUT2D eigenvalue weighted by Crippen LogP contribution is 2.57. The summed E-state index contributed by atoms with van der Waals surface area (Å²) in [5.74, 6) is 0. The molecule has 1 nitrogen and oxygen atoms in total. The van der Waals surface area contributed by atoms with Gasteiger partial charge in [-0.1, -0.05) is 143 Å². The number of nitrogens with zero attached hydrogens (tertiary/aromatic N) is 1. The van der Waals surface area contributed by atoms with Gasteiger partial charge in [-0.05, 0) is 97.2 Å². The number of rotatable bonds is 4. The van der Waals surface area contributed by atoms with Gasteiger partial charge in [0, 0.05) is 27.8 Å². The first-order valence-electron chi connectivity index (χ1n) is 16.7. The van der Waals surface area contributed by atoms with Crippen molar-refractivity contribution in [3.63, 3.8) is 0 Å². The van der Waals surface area contributed by atoms with E-state index in [0.29, 0.717) is 0 Å². The predicted octanol–water partition coefficient (Wildman–Crippen LogP) is 12.6. The normalized spacial score (nSPS) is 14.7. The van der Waals surface area contributed by atoms with Crippen LogP contribution in [-0.4, -0.2) is 0 Å². The average molecular weight is 604 g/mol. The topological polar surface area (TPSA) is 3.24 Å². The molecule has 0 aromatic heterocycles. The van der Waals surface area contributed by atoms with Gasteiger partial charge >= 0.3 is 0 Å². The van der Waals surface area contributed by atoms with Crippen LogP contribution < -0.4 is 4.90 Å². The van der Waals surface area contributed by atoms with Gasteiger partial charge in [-0.3, -0.25) is 0 Å². The van der Waals surface area contributed by atoms with Gasteiger partial charge in [0.25, 0.3) is 0 Å². The van der Waals surface area contributed by atoms with Crippen LogP contribution in [0, 0.1) is 0 Å². The maximum Gasteiger partial charge on any atom is 0.0549 e. The van der Waals surface area contributed by atoms with Crippen LogP contribution in [0.15, 0.2) is 152 Å². The Morgan fingerprint density at radius 2 is 1.00 bits per heavy atom. The molecule has 0 unspecified atom stereocenters. The number of para-hydroxylation sites is 1. The fourth-order valence-electron chi connectivity index (χ4n) is 8.50. The SMILES string of the molecule is CC1(C)c2ccccc2-c2ccc(-c3ccc(N(c4ccccc4)c4cc5ccccc5c5c4-c4ccccc4C5(C)C)cc3)cc21. The van der Waals surface area contributed by atoms with Crippen molar-refractivity contribution in [3.8, 4) is 33.4 Å². The van der Waals surface area contributed by atoms with Crippen LogP contribution in [0.2, 0.25) is 0 Å². The maximum atomic E-state index is 2.45. The third-order valence-corrected chi connectivity index (χ3v) is 10.8. The maximum absolute atomic E-state index is 2.45. The van der Waals surface area contributed by atoms with Crippen molar-refractivity contribution in [1.29, 1.82) is 0 Å². The molecular formula is C46H37N. The first kappa shape index (κ1) is 27.9. The van der Waals surface area contributed by atoms with Crippen LogP contribution in [0.3, 0.4) is 0 Å². The second kappa shape index (κ2) is 10.0. The molecule has 0 saturated heterocycles. The summed E-state index contributed by atoms with van der Waals surface area (Å²) in [6, 6.07) is 56.1. The predicted molar refractivity (Wildman–Crippen MR) is 199 cm³/mol. The molecule has 0 amide bonds. The van der Waals surface area contributed by atoms with Crippen molar-refractivity contribution in [2.45, 2.75) is 38.5 Å². The zero-order valence-corrected chi connectivity index (χ0v) is 27.4. The molecule has 7 aromatic carbocycles. The van der Waals surface area contributed by atoms with Gasteiger partial charge in [-0.25, -0.2) is 0 Å². The minimum atomic E-state index is -0.116. The Bertz CT molecular complexity index is 2340. The van der Waals surface area contributed by atoms with Crippen LogP contribution >= 0.6 is 0 Å². The smallest absolute Gasteiger partial charge is 0.0549 e. The molecular weight excluding hydrogens is 567 g/mol. The Morgan fingerprint density at radius 1 is 0.426 bits per heavy atom. The quantitative estimate of drug-likeness (QED) is 0.193. The number of hydrogen-bond donors (Lipinski definition) is 0. The van der Waals surface area contributed by atoms with Gasteiger partial charge in [-0.2, -0.15) is 0 Å². The molecule has 47 heavy (non-hydrogen) atoms. The third-order valence-electron chi connectivity index (χ3n) is 10.8. The zero-order valence-electron chi connectivity index (χ0n) is 27.4. The fraction of sp³-hybridized carbons (Fsp3) is 0.130. The summed E-state index contributed by atoms with van der Waals surface area (Å²) >= 11 is 0. The van der Waals surface area contributed by atoms with Crippen LogP contribution in [-0.2, 0) is 10.8 Å². The molecule has 0 bridgehead atoms. The van der Waals surface area contributed by atoms with Crippen molar-refractivity contribution in [2.75, 3.05) is 4.90 Å². The molecule has 0 atom stereocenters. The second-order valence-corrected chi connectivity index (χ2v) is 14.2. The van der Waals surface area contributed by atoms with E-state index in [9.17, 15) is 0 Å². The Kier molecular flexibility index (Phi) is 5.96. The van der Waals surface area contributed by atoms with E-state index in [0.717, 1.165) is 11.4 Å². The monoisotopic (exact) mass is 603 g/mol. The Labute approximate surface area is 277 Å². The molecule has 2 aliphatic rings. The lowest BCUT2D eigenvalue weighted by molar-refractivity contribution is 0.660. The number of anilines is 3. The molecule has 0 spiro atoms. The third kappa shape index (κ3) is 4.02. The summed E-state index contributed by atoms with van der Waals surface area (Å²) in [6.45, 7) is 9.46. The number of benzene rings is 7. The Morgan fingerprint density at radius 3 is 1.77 bits per heavy atom. The molecule has 0 aliphatic heterocycles. The van der Waals surface area contributed by atoms with Crippen LogP contribution in [0.1, 0.15) is 49.9 Å². The van der Waals surface area contributed by atoms with E-state index in [-0.39, 0.29) is 10.8 Å². The lowest BCUT2D eigenvalue weighted by Gasteiger charge is -2.30. The summed E-state index contributed by atoms with van der Waals surface area (Å²) in [7, 11) is 0. The molecule has 0 heterocycles. The molecule has 7 aromatic rings. The zero-order chi connectivity index (χ0) is 31.9. The first-order valence-corrected chi connectivity index (χ1v) is 16.7. The van der Waals surface area contributed by atoms with Crippen molar-refractivity contribution in [1.82, 2.24) is 0 Å². The minimum Gasteiger partial charge on any atom is -0.310 e.